The lowest BCUT2D eigenvalue weighted by Gasteiger charge is -1.98. The zero-order chi connectivity index (χ0) is 15.9. The average Bonchev–Trinajstić information content (AvgIpc) is 3.01. The normalized spacial score (nSPS) is 11.1. The van der Waals surface area contributed by atoms with E-state index < -0.39 is 0 Å². The number of carbonyl (C=O) groups excluding carboxylic acids is 1. The molecule has 3 aromatic rings. The van der Waals surface area contributed by atoms with E-state index >= 15 is 0 Å². The second-order valence-corrected chi connectivity index (χ2v) is 6.31. The summed E-state index contributed by atoms with van der Waals surface area (Å²) in [5, 5.41) is 3.38. The van der Waals surface area contributed by atoms with Gasteiger partial charge in [0.15, 0.2) is 11.0 Å². The molecule has 2 aromatic heterocycles. The van der Waals surface area contributed by atoms with E-state index in [0.29, 0.717) is 23.1 Å². The van der Waals surface area contributed by atoms with Gasteiger partial charge in [0.2, 0.25) is 5.76 Å². The summed E-state index contributed by atoms with van der Waals surface area (Å²) in [7, 11) is 0. The summed E-state index contributed by atoms with van der Waals surface area (Å²) in [6.45, 7) is 7.78. The number of rotatable bonds is 3. The van der Waals surface area contributed by atoms with E-state index in [2.05, 4.69) is 34.3 Å². The molecule has 0 aliphatic heterocycles. The topological polar surface area (TPSA) is 68.0 Å². The fraction of sp³-hybridized carbons (Fsp3) is 0.312. The molecule has 1 N–H and O–H groups in total. The van der Waals surface area contributed by atoms with E-state index in [1.807, 2.05) is 13.8 Å². The van der Waals surface area contributed by atoms with Gasteiger partial charge in [0.1, 0.15) is 0 Å². The van der Waals surface area contributed by atoms with Gasteiger partial charge < -0.3 is 4.42 Å². The number of oxazole rings is 1. The minimum absolute atomic E-state index is 0.254. The first kappa shape index (κ1) is 14.7. The first-order chi connectivity index (χ1) is 10.5. The van der Waals surface area contributed by atoms with E-state index in [9.17, 15) is 4.79 Å². The standard InChI is InChI=1S/C16H17N3O2S/c1-5-12-17-10(4)14(21-12)15(20)19-16-18-13-9(3)6-8(2)7-11(13)22-16/h6-7H,5H2,1-4H3,(H,18,19,20). The van der Waals surface area contributed by atoms with Crippen molar-refractivity contribution in [2.24, 2.45) is 0 Å². The summed E-state index contributed by atoms with van der Waals surface area (Å²) in [5.74, 6) is 0.514. The first-order valence-corrected chi connectivity index (χ1v) is 7.95. The summed E-state index contributed by atoms with van der Waals surface area (Å²) in [6.07, 6.45) is 0.660. The number of hydrogen-bond donors (Lipinski definition) is 1. The molecule has 0 bridgehead atoms. The molecule has 0 saturated heterocycles. The van der Waals surface area contributed by atoms with Gasteiger partial charge in [0.05, 0.1) is 15.9 Å². The summed E-state index contributed by atoms with van der Waals surface area (Å²) >= 11 is 1.46. The lowest BCUT2D eigenvalue weighted by Crippen LogP contribution is -2.12. The molecule has 5 nitrogen and oxygen atoms in total. The summed E-state index contributed by atoms with van der Waals surface area (Å²) < 4.78 is 6.53. The van der Waals surface area contributed by atoms with Gasteiger partial charge in [-0.1, -0.05) is 24.3 Å². The molecular weight excluding hydrogens is 298 g/mol. The summed E-state index contributed by atoms with van der Waals surface area (Å²) in [4.78, 5) is 21.0. The molecule has 22 heavy (non-hydrogen) atoms. The van der Waals surface area contributed by atoms with E-state index in [1.165, 1.54) is 16.9 Å². The van der Waals surface area contributed by atoms with E-state index in [1.54, 1.807) is 6.92 Å². The molecule has 0 fully saturated rings. The second kappa shape index (κ2) is 5.53. The molecule has 0 aliphatic carbocycles. The lowest BCUT2D eigenvalue weighted by molar-refractivity contribution is 0.0994. The van der Waals surface area contributed by atoms with Crippen LogP contribution in [0.1, 0.15) is 40.2 Å². The minimum Gasteiger partial charge on any atom is -0.435 e. The van der Waals surface area contributed by atoms with Crippen molar-refractivity contribution in [3.05, 3.63) is 40.6 Å². The van der Waals surface area contributed by atoms with Crippen LogP contribution in [0.5, 0.6) is 0 Å². The Morgan fingerprint density at radius 3 is 2.73 bits per heavy atom. The van der Waals surface area contributed by atoms with Gasteiger partial charge in [-0.15, -0.1) is 0 Å². The third-order valence-corrected chi connectivity index (χ3v) is 4.32. The third-order valence-electron chi connectivity index (χ3n) is 3.40. The van der Waals surface area contributed by atoms with Crippen LogP contribution in [0, 0.1) is 20.8 Å². The van der Waals surface area contributed by atoms with Crippen molar-refractivity contribution in [1.29, 1.82) is 0 Å². The molecule has 0 radical (unpaired) electrons. The molecular formula is C16H17N3O2S. The number of aryl methyl sites for hydroxylation is 4. The summed E-state index contributed by atoms with van der Waals surface area (Å²) in [6, 6.07) is 4.16. The maximum absolute atomic E-state index is 12.3. The van der Waals surface area contributed by atoms with E-state index in [-0.39, 0.29) is 11.7 Å². The molecule has 0 aliphatic rings. The van der Waals surface area contributed by atoms with Gasteiger partial charge in [-0.25, -0.2) is 9.97 Å². The molecule has 0 atom stereocenters. The van der Waals surface area contributed by atoms with Crippen molar-refractivity contribution in [2.45, 2.75) is 34.1 Å². The fourth-order valence-electron chi connectivity index (χ4n) is 2.39. The van der Waals surface area contributed by atoms with Gasteiger partial charge in [-0.2, -0.15) is 0 Å². The molecule has 114 valence electrons. The highest BCUT2D eigenvalue weighted by molar-refractivity contribution is 7.22. The Kier molecular flexibility index (Phi) is 3.70. The molecule has 0 unspecified atom stereocenters. The number of anilines is 1. The number of aromatic nitrogens is 2. The molecule has 2 heterocycles. The Balaban J connectivity index is 1.90. The van der Waals surface area contributed by atoms with Gasteiger partial charge >= 0.3 is 0 Å². The maximum Gasteiger partial charge on any atom is 0.295 e. The van der Waals surface area contributed by atoms with Crippen LogP contribution in [0.15, 0.2) is 16.5 Å². The van der Waals surface area contributed by atoms with Gasteiger partial charge in [0, 0.05) is 6.42 Å². The monoisotopic (exact) mass is 315 g/mol. The highest BCUT2D eigenvalue weighted by Gasteiger charge is 2.18. The smallest absolute Gasteiger partial charge is 0.295 e. The summed E-state index contributed by atoms with van der Waals surface area (Å²) in [5.41, 5.74) is 3.82. The number of nitrogens with one attached hydrogen (secondary N) is 1. The Labute approximate surface area is 132 Å². The Bertz CT molecular complexity index is 864. The zero-order valence-corrected chi connectivity index (χ0v) is 13.8. The molecule has 0 spiro atoms. The van der Waals surface area contributed by atoms with Crippen LogP contribution in [0.3, 0.4) is 0 Å². The van der Waals surface area contributed by atoms with Crippen LogP contribution in [-0.2, 0) is 6.42 Å². The number of carbonyl (C=O) groups is 1. The van der Waals surface area contributed by atoms with Crippen molar-refractivity contribution in [3.8, 4) is 0 Å². The van der Waals surface area contributed by atoms with Crippen LogP contribution >= 0.6 is 11.3 Å². The SMILES string of the molecule is CCc1nc(C)c(C(=O)Nc2nc3c(C)cc(C)cc3s2)o1. The Hall–Kier alpha value is -2.21. The van der Waals surface area contributed by atoms with Gasteiger partial charge in [-0.05, 0) is 38.0 Å². The van der Waals surface area contributed by atoms with Crippen LogP contribution in [0.2, 0.25) is 0 Å². The van der Waals surface area contributed by atoms with E-state index in [4.69, 9.17) is 4.42 Å². The highest BCUT2D eigenvalue weighted by Crippen LogP contribution is 2.29. The quantitative estimate of drug-likeness (QED) is 0.792. The van der Waals surface area contributed by atoms with Crippen molar-refractivity contribution in [2.75, 3.05) is 5.32 Å². The zero-order valence-electron chi connectivity index (χ0n) is 13.0. The van der Waals surface area contributed by atoms with Crippen LogP contribution < -0.4 is 5.32 Å². The molecule has 6 heteroatoms. The van der Waals surface area contributed by atoms with Gasteiger partial charge in [-0.3, -0.25) is 10.1 Å². The number of hydrogen-bond acceptors (Lipinski definition) is 5. The van der Waals surface area contributed by atoms with Crippen molar-refractivity contribution < 1.29 is 9.21 Å². The third kappa shape index (κ3) is 2.62. The number of amides is 1. The van der Waals surface area contributed by atoms with Crippen molar-refractivity contribution in [1.82, 2.24) is 9.97 Å². The van der Waals surface area contributed by atoms with Gasteiger partial charge in [0.25, 0.3) is 5.91 Å². The molecule has 1 aromatic carbocycles. The number of fused-ring (bicyclic) bond motifs is 1. The maximum atomic E-state index is 12.3. The number of thiazole rings is 1. The van der Waals surface area contributed by atoms with Crippen LogP contribution in [-0.4, -0.2) is 15.9 Å². The Morgan fingerprint density at radius 2 is 2.05 bits per heavy atom. The van der Waals surface area contributed by atoms with Crippen LogP contribution in [0.25, 0.3) is 10.2 Å². The predicted octanol–water partition coefficient (Wildman–Crippen LogP) is 4.02. The highest BCUT2D eigenvalue weighted by atomic mass is 32.1. The van der Waals surface area contributed by atoms with Crippen molar-refractivity contribution in [3.63, 3.8) is 0 Å². The van der Waals surface area contributed by atoms with E-state index in [0.717, 1.165) is 15.8 Å². The minimum atomic E-state index is -0.307. The second-order valence-electron chi connectivity index (χ2n) is 5.28. The average molecular weight is 315 g/mol. The molecule has 3 rings (SSSR count). The Morgan fingerprint density at radius 1 is 1.27 bits per heavy atom. The first-order valence-electron chi connectivity index (χ1n) is 7.13. The van der Waals surface area contributed by atoms with Crippen molar-refractivity contribution >= 4 is 32.6 Å². The largest absolute Gasteiger partial charge is 0.435 e. The number of nitrogens with zero attached hydrogens (tertiary/aromatic N) is 2. The van der Waals surface area contributed by atoms with Crippen LogP contribution in [0.4, 0.5) is 5.13 Å². The lowest BCUT2D eigenvalue weighted by atomic mass is 10.1. The number of benzene rings is 1. The predicted molar refractivity (Wildman–Crippen MR) is 87.7 cm³/mol. The molecule has 0 saturated carbocycles. The fourth-order valence-corrected chi connectivity index (χ4v) is 3.43. The molecule has 1 amide bonds.